The fraction of sp³-hybridized carbons (Fsp3) is 0.0364. The molecule has 0 saturated heterocycles. The Balaban J connectivity index is 1.00. The molecule has 0 bridgehead atoms. The minimum absolute atomic E-state index is 0.137. The van der Waals surface area contributed by atoms with E-state index in [1.807, 2.05) is 60.7 Å². The number of nitrogens with one attached hydrogen (secondary N) is 1. The van der Waals surface area contributed by atoms with Gasteiger partial charge in [0.05, 0.1) is 33.8 Å². The summed E-state index contributed by atoms with van der Waals surface area (Å²) in [4.78, 5) is 14.9. The predicted molar refractivity (Wildman–Crippen MR) is 250 cm³/mol. The average molecular weight is 783 g/mol. The van der Waals surface area contributed by atoms with Crippen LogP contribution in [0.4, 0.5) is 0 Å². The van der Waals surface area contributed by atoms with Crippen molar-refractivity contribution in [1.82, 2.24) is 29.4 Å². The van der Waals surface area contributed by atoms with Crippen molar-refractivity contribution in [2.24, 2.45) is 0 Å². The predicted octanol–water partition coefficient (Wildman–Crippen LogP) is 11.1. The first-order valence-electron chi connectivity index (χ1n) is 20.8. The summed E-state index contributed by atoms with van der Waals surface area (Å²) >= 11 is 0. The molecule has 12 rings (SSSR count). The third kappa shape index (κ3) is 5.68. The molecule has 1 atom stereocenters. The Morgan fingerprint density at radius 3 is 1.67 bits per heavy atom. The van der Waals surface area contributed by atoms with Crippen molar-refractivity contribution in [2.75, 3.05) is 0 Å². The van der Waals surface area contributed by atoms with Gasteiger partial charge >= 0.3 is 0 Å². The van der Waals surface area contributed by atoms with Crippen LogP contribution < -0.4 is 15.8 Å². The Hall–Kier alpha value is -8.09. The summed E-state index contributed by atoms with van der Waals surface area (Å²) in [5.74, 6) is 1.93. The zero-order valence-electron chi connectivity index (χ0n) is 33.4. The number of nitrogens with zero attached hydrogens (tertiary/aromatic N) is 5. The summed E-state index contributed by atoms with van der Waals surface area (Å²) in [7, 11) is 0. The molecule has 0 saturated carbocycles. The Morgan fingerprint density at radius 1 is 0.426 bits per heavy atom. The number of fused-ring (bicyclic) bond motifs is 7. The van der Waals surface area contributed by atoms with E-state index in [0.717, 1.165) is 33.4 Å². The van der Waals surface area contributed by atoms with Crippen LogP contribution in [-0.4, -0.2) is 30.1 Å². The van der Waals surface area contributed by atoms with Crippen LogP contribution in [-0.2, 0) is 0 Å². The lowest BCUT2D eigenvalue weighted by atomic mass is 9.98. The molecule has 1 N–H and O–H groups in total. The van der Waals surface area contributed by atoms with E-state index in [9.17, 15) is 0 Å². The highest BCUT2D eigenvalue weighted by Gasteiger charge is 2.22. The highest BCUT2D eigenvalue weighted by Crippen LogP contribution is 2.41. The molecule has 288 valence electrons. The minimum Gasteiger partial charge on any atom is -0.382 e. The van der Waals surface area contributed by atoms with Crippen LogP contribution in [0, 0.1) is 0 Å². The van der Waals surface area contributed by atoms with Gasteiger partial charge in [-0.2, -0.15) is 0 Å². The molecular formula is C55H38N6. The van der Waals surface area contributed by atoms with Crippen molar-refractivity contribution in [3.63, 3.8) is 0 Å². The van der Waals surface area contributed by atoms with Gasteiger partial charge in [0, 0.05) is 55.3 Å². The van der Waals surface area contributed by atoms with Crippen molar-refractivity contribution in [3.8, 4) is 51.0 Å². The highest BCUT2D eigenvalue weighted by molar-refractivity contribution is 6.17. The molecule has 0 fully saturated rings. The van der Waals surface area contributed by atoms with Gasteiger partial charge in [-0.1, -0.05) is 140 Å². The maximum atomic E-state index is 4.98. The molecule has 61 heavy (non-hydrogen) atoms. The zero-order valence-corrected chi connectivity index (χ0v) is 33.4. The summed E-state index contributed by atoms with van der Waals surface area (Å²) in [6.45, 7) is 2.25. The first kappa shape index (κ1) is 34.9. The van der Waals surface area contributed by atoms with Gasteiger partial charge < -0.3 is 14.5 Å². The van der Waals surface area contributed by atoms with Crippen molar-refractivity contribution in [1.29, 1.82) is 0 Å². The van der Waals surface area contributed by atoms with E-state index >= 15 is 0 Å². The van der Waals surface area contributed by atoms with Crippen LogP contribution in [0.5, 0.6) is 0 Å². The van der Waals surface area contributed by atoms with Crippen molar-refractivity contribution >= 4 is 55.5 Å². The van der Waals surface area contributed by atoms with Crippen molar-refractivity contribution in [2.45, 2.75) is 13.0 Å². The molecule has 1 aliphatic rings. The van der Waals surface area contributed by atoms with E-state index in [2.05, 4.69) is 161 Å². The van der Waals surface area contributed by atoms with E-state index in [1.54, 1.807) is 0 Å². The van der Waals surface area contributed by atoms with Crippen LogP contribution in [0.25, 0.3) is 106 Å². The van der Waals surface area contributed by atoms with Gasteiger partial charge in [-0.3, -0.25) is 0 Å². The highest BCUT2D eigenvalue weighted by atomic mass is 15.1. The van der Waals surface area contributed by atoms with Crippen LogP contribution >= 0.6 is 0 Å². The summed E-state index contributed by atoms with van der Waals surface area (Å²) in [6.07, 6.45) is 2.14. The number of rotatable bonds is 6. The average Bonchev–Trinajstić information content (AvgIpc) is 3.84. The smallest absolute Gasteiger partial charge is 0.164 e. The van der Waals surface area contributed by atoms with E-state index in [0.29, 0.717) is 17.5 Å². The molecule has 1 unspecified atom stereocenters. The minimum atomic E-state index is 0.137. The van der Waals surface area contributed by atoms with Gasteiger partial charge in [-0.15, -0.1) is 0 Å². The zero-order chi connectivity index (χ0) is 40.4. The maximum absolute atomic E-state index is 4.98. The maximum Gasteiger partial charge on any atom is 0.164 e. The Kier molecular flexibility index (Phi) is 8.03. The normalized spacial score (nSPS) is 13.7. The summed E-state index contributed by atoms with van der Waals surface area (Å²) in [6, 6.07) is 68.9. The fourth-order valence-electron chi connectivity index (χ4n) is 9.33. The lowest BCUT2D eigenvalue weighted by Gasteiger charge is -2.23. The van der Waals surface area contributed by atoms with E-state index in [1.165, 1.54) is 59.8 Å². The lowest BCUT2D eigenvalue weighted by Crippen LogP contribution is -2.43. The molecule has 0 radical (unpaired) electrons. The summed E-state index contributed by atoms with van der Waals surface area (Å²) in [5.41, 5.74) is 12.2. The molecule has 4 heterocycles. The molecule has 3 aromatic heterocycles. The first-order valence-corrected chi connectivity index (χ1v) is 20.8. The van der Waals surface area contributed by atoms with Gasteiger partial charge in [-0.25, -0.2) is 15.0 Å². The largest absolute Gasteiger partial charge is 0.382 e. The van der Waals surface area contributed by atoms with Crippen LogP contribution in [0.15, 0.2) is 194 Å². The number of hydrogen-bond donors (Lipinski definition) is 1. The fourth-order valence-corrected chi connectivity index (χ4v) is 9.33. The molecule has 1 aliphatic heterocycles. The molecule has 8 aromatic carbocycles. The van der Waals surface area contributed by atoms with Gasteiger partial charge in [0.25, 0.3) is 0 Å². The number of hydrogen-bond acceptors (Lipinski definition) is 4. The van der Waals surface area contributed by atoms with E-state index in [-0.39, 0.29) is 6.04 Å². The number of benzene rings is 8. The van der Waals surface area contributed by atoms with Gasteiger partial charge in [-0.05, 0) is 77.9 Å². The Labute approximate surface area is 352 Å². The standard InChI is InChI=1S/C55H38N6/c1-35-52(43-20-9-8-19-40(43)34-56-35)61-47-24-12-10-21-44(47)46-33-39(29-32-49(46)61)42-23-14-26-50-51(42)45-22-11-13-25-48(45)60(50)41-30-27-38(28-31-41)55-58-53(36-15-4-2-5-16-36)57-54(59-55)37-17-6-3-7-18-37/h2-35,56H,1H3. The van der Waals surface area contributed by atoms with E-state index in [4.69, 9.17) is 15.0 Å². The topological polar surface area (TPSA) is 60.6 Å². The monoisotopic (exact) mass is 782 g/mol. The quantitative estimate of drug-likeness (QED) is 0.182. The molecule has 6 nitrogen and oxygen atoms in total. The molecule has 6 heteroatoms. The van der Waals surface area contributed by atoms with E-state index < -0.39 is 0 Å². The second kappa shape index (κ2) is 14.0. The van der Waals surface area contributed by atoms with Gasteiger partial charge in [0.1, 0.15) is 0 Å². The van der Waals surface area contributed by atoms with Crippen LogP contribution in [0.3, 0.4) is 0 Å². The van der Waals surface area contributed by atoms with Gasteiger partial charge in [0.15, 0.2) is 17.5 Å². The number of aromatic nitrogens is 5. The molecule has 0 spiro atoms. The van der Waals surface area contributed by atoms with Crippen molar-refractivity contribution in [3.05, 3.63) is 205 Å². The molecule has 11 aromatic rings. The number of para-hydroxylation sites is 2. The van der Waals surface area contributed by atoms with Crippen molar-refractivity contribution < 1.29 is 0 Å². The Morgan fingerprint density at radius 2 is 0.967 bits per heavy atom. The SMILES string of the molecule is CC1NC=c2ccccc2=C1n1c2ccccc2c2cc(-c3cccc4c3c3ccccc3n4-c3ccc(-c4nc(-c5ccccc5)nc(-c5ccccc5)n4)cc3)ccc21. The summed E-state index contributed by atoms with van der Waals surface area (Å²) in [5, 5.41) is 11.0. The third-order valence-electron chi connectivity index (χ3n) is 12.1. The lowest BCUT2D eigenvalue weighted by molar-refractivity contribution is 0.770. The van der Waals surface area contributed by atoms with Crippen LogP contribution in [0.2, 0.25) is 0 Å². The molecule has 0 amide bonds. The third-order valence-corrected chi connectivity index (χ3v) is 12.1. The summed E-state index contributed by atoms with van der Waals surface area (Å²) < 4.78 is 4.85. The Bertz CT molecular complexity index is 3560. The molecule has 0 aliphatic carbocycles. The first-order chi connectivity index (χ1) is 30.2. The van der Waals surface area contributed by atoms with Crippen LogP contribution in [0.1, 0.15) is 6.92 Å². The molecular weight excluding hydrogens is 745 g/mol. The van der Waals surface area contributed by atoms with Gasteiger partial charge in [0.2, 0.25) is 0 Å². The second-order valence-corrected chi connectivity index (χ2v) is 15.7. The second-order valence-electron chi connectivity index (χ2n) is 15.7.